The largest absolute Gasteiger partial charge is 0.342 e. The van der Waals surface area contributed by atoms with Crippen LogP contribution in [0.2, 0.25) is 0 Å². The molecule has 1 aliphatic rings. The number of carbonyl (C=O) groups excluding carboxylic acids is 2. The quantitative estimate of drug-likeness (QED) is 0.478. The molecule has 3 rings (SSSR count). The van der Waals surface area contributed by atoms with E-state index >= 15 is 0 Å². The first-order valence-corrected chi connectivity index (χ1v) is 11.0. The number of piperazine rings is 1. The minimum atomic E-state index is -0.198. The number of amides is 2. The standard InChI is InChI=1S/C25H32N4O2/c1-20-8-6-12-23(21(20)2)27-24(30)18-26-25(31)19-29-16-14-28(15-17-29)13-7-11-22-9-4-3-5-10-22/h3-12H,13-19H2,1-2H3,(H,26,31)(H,27,30)/p+2/b11-7+. The summed E-state index contributed by atoms with van der Waals surface area (Å²) in [4.78, 5) is 27.3. The Morgan fingerprint density at radius 1 is 0.903 bits per heavy atom. The van der Waals surface area contributed by atoms with Gasteiger partial charge in [0.05, 0.1) is 13.1 Å². The van der Waals surface area contributed by atoms with Crippen molar-refractivity contribution in [3.05, 3.63) is 71.3 Å². The van der Waals surface area contributed by atoms with Crippen LogP contribution in [0.25, 0.3) is 6.08 Å². The van der Waals surface area contributed by atoms with Crippen molar-refractivity contribution in [1.29, 1.82) is 0 Å². The fourth-order valence-corrected chi connectivity index (χ4v) is 3.81. The lowest BCUT2D eigenvalue weighted by molar-refractivity contribution is -1.01. The average Bonchev–Trinajstić information content (AvgIpc) is 2.77. The normalized spacial score (nSPS) is 18.6. The molecule has 0 saturated carbocycles. The molecule has 2 aromatic rings. The molecule has 0 bridgehead atoms. The monoisotopic (exact) mass is 422 g/mol. The zero-order valence-corrected chi connectivity index (χ0v) is 18.5. The zero-order valence-electron chi connectivity index (χ0n) is 18.5. The molecule has 0 radical (unpaired) electrons. The van der Waals surface area contributed by atoms with Crippen LogP contribution in [-0.4, -0.2) is 57.6 Å². The predicted octanol–water partition coefficient (Wildman–Crippen LogP) is -0.145. The van der Waals surface area contributed by atoms with Crippen molar-refractivity contribution < 1.29 is 19.4 Å². The van der Waals surface area contributed by atoms with E-state index in [2.05, 4.69) is 34.9 Å². The Morgan fingerprint density at radius 3 is 2.35 bits per heavy atom. The van der Waals surface area contributed by atoms with Gasteiger partial charge in [0.1, 0.15) is 26.2 Å². The number of hydrogen-bond acceptors (Lipinski definition) is 2. The fraction of sp³-hybridized carbons (Fsp3) is 0.360. The molecule has 164 valence electrons. The van der Waals surface area contributed by atoms with Crippen LogP contribution in [0.1, 0.15) is 16.7 Å². The van der Waals surface area contributed by atoms with E-state index in [1.54, 1.807) is 4.90 Å². The number of quaternary nitrogens is 2. The van der Waals surface area contributed by atoms with Crippen LogP contribution >= 0.6 is 0 Å². The maximum Gasteiger partial charge on any atom is 0.275 e. The molecule has 1 heterocycles. The van der Waals surface area contributed by atoms with E-state index in [1.807, 2.05) is 50.2 Å². The smallest absolute Gasteiger partial charge is 0.275 e. The second kappa shape index (κ2) is 11.4. The first-order chi connectivity index (χ1) is 15.0. The van der Waals surface area contributed by atoms with E-state index in [1.165, 1.54) is 10.5 Å². The van der Waals surface area contributed by atoms with Crippen LogP contribution in [-0.2, 0) is 9.59 Å². The molecule has 2 aromatic carbocycles. The van der Waals surface area contributed by atoms with Crippen molar-refractivity contribution in [3.63, 3.8) is 0 Å². The Bertz CT molecular complexity index is 903. The number of nitrogens with one attached hydrogen (secondary N) is 4. The summed E-state index contributed by atoms with van der Waals surface area (Å²) in [7, 11) is 0. The summed E-state index contributed by atoms with van der Waals surface area (Å²) in [6, 6.07) is 16.1. The predicted molar refractivity (Wildman–Crippen MR) is 124 cm³/mol. The van der Waals surface area contributed by atoms with Gasteiger partial charge in [-0.1, -0.05) is 48.5 Å². The number of hydrogen-bond donors (Lipinski definition) is 4. The summed E-state index contributed by atoms with van der Waals surface area (Å²) in [5, 5.41) is 5.63. The number of benzene rings is 2. The van der Waals surface area contributed by atoms with Crippen molar-refractivity contribution in [1.82, 2.24) is 5.32 Å². The Morgan fingerprint density at radius 2 is 1.61 bits per heavy atom. The summed E-state index contributed by atoms with van der Waals surface area (Å²) in [6.07, 6.45) is 4.40. The highest BCUT2D eigenvalue weighted by atomic mass is 16.2. The number of aryl methyl sites for hydroxylation is 1. The van der Waals surface area contributed by atoms with Crippen LogP contribution in [0.3, 0.4) is 0 Å². The van der Waals surface area contributed by atoms with Crippen LogP contribution in [0, 0.1) is 13.8 Å². The molecule has 6 nitrogen and oxygen atoms in total. The maximum absolute atomic E-state index is 12.3. The molecule has 1 fully saturated rings. The summed E-state index contributed by atoms with van der Waals surface area (Å²) in [5.74, 6) is -0.268. The summed E-state index contributed by atoms with van der Waals surface area (Å²) < 4.78 is 0. The second-order valence-corrected chi connectivity index (χ2v) is 8.27. The fourth-order valence-electron chi connectivity index (χ4n) is 3.81. The Hall–Kier alpha value is -2.96. The van der Waals surface area contributed by atoms with E-state index in [-0.39, 0.29) is 18.4 Å². The molecule has 6 heteroatoms. The molecule has 31 heavy (non-hydrogen) atoms. The maximum atomic E-state index is 12.3. The SMILES string of the molecule is Cc1cccc(NC(=O)CNC(=O)C[NH+]2CC[NH+](C/C=C/c3ccccc3)CC2)c1C. The number of carbonyl (C=O) groups is 2. The zero-order chi connectivity index (χ0) is 22.1. The molecule has 4 N–H and O–H groups in total. The van der Waals surface area contributed by atoms with Crippen LogP contribution in [0.15, 0.2) is 54.6 Å². The highest BCUT2D eigenvalue weighted by molar-refractivity contribution is 5.95. The van der Waals surface area contributed by atoms with Gasteiger partial charge in [0, 0.05) is 5.69 Å². The van der Waals surface area contributed by atoms with E-state index in [4.69, 9.17) is 0 Å². The van der Waals surface area contributed by atoms with Gasteiger partial charge in [-0.05, 0) is 42.7 Å². The lowest BCUT2D eigenvalue weighted by Gasteiger charge is -2.28. The second-order valence-electron chi connectivity index (χ2n) is 8.27. The van der Waals surface area contributed by atoms with Crippen LogP contribution in [0.5, 0.6) is 0 Å². The minimum absolute atomic E-state index is 0.00114. The van der Waals surface area contributed by atoms with E-state index in [0.29, 0.717) is 6.54 Å². The van der Waals surface area contributed by atoms with Gasteiger partial charge in [0.25, 0.3) is 5.91 Å². The van der Waals surface area contributed by atoms with Crippen molar-refractivity contribution >= 4 is 23.6 Å². The van der Waals surface area contributed by atoms with E-state index in [9.17, 15) is 9.59 Å². The van der Waals surface area contributed by atoms with Gasteiger partial charge in [0.15, 0.2) is 6.54 Å². The topological polar surface area (TPSA) is 67.1 Å². The van der Waals surface area contributed by atoms with Gasteiger partial charge < -0.3 is 20.4 Å². The molecule has 1 saturated heterocycles. The lowest BCUT2D eigenvalue weighted by Crippen LogP contribution is -3.28. The van der Waals surface area contributed by atoms with E-state index in [0.717, 1.165) is 49.5 Å². The number of anilines is 1. The van der Waals surface area contributed by atoms with Crippen LogP contribution < -0.4 is 20.4 Å². The number of rotatable bonds is 8. The highest BCUT2D eigenvalue weighted by Gasteiger charge is 2.24. The third-order valence-corrected chi connectivity index (χ3v) is 5.92. The Balaban J connectivity index is 1.33. The van der Waals surface area contributed by atoms with E-state index < -0.39 is 0 Å². The van der Waals surface area contributed by atoms with Gasteiger partial charge in [-0.25, -0.2) is 0 Å². The third-order valence-electron chi connectivity index (χ3n) is 5.92. The summed E-state index contributed by atoms with van der Waals surface area (Å²) in [6.45, 7) is 9.46. The van der Waals surface area contributed by atoms with Gasteiger partial charge in [0.2, 0.25) is 5.91 Å². The molecule has 0 aliphatic carbocycles. The van der Waals surface area contributed by atoms with Crippen molar-refractivity contribution in [2.45, 2.75) is 13.8 Å². The molecular weight excluding hydrogens is 388 g/mol. The Kier molecular flexibility index (Phi) is 8.38. The minimum Gasteiger partial charge on any atom is -0.342 e. The van der Waals surface area contributed by atoms with Gasteiger partial charge >= 0.3 is 0 Å². The lowest BCUT2D eigenvalue weighted by atomic mass is 10.1. The molecule has 0 atom stereocenters. The first kappa shape index (κ1) is 22.7. The van der Waals surface area contributed by atoms with Crippen molar-refractivity contribution in [2.24, 2.45) is 0 Å². The summed E-state index contributed by atoms with van der Waals surface area (Å²) in [5.41, 5.74) is 4.20. The molecule has 1 aliphatic heterocycles. The van der Waals surface area contributed by atoms with Crippen molar-refractivity contribution in [2.75, 3.05) is 51.1 Å². The molecule has 2 amide bonds. The molecular formula is C25H34N4O2+2. The average molecular weight is 423 g/mol. The first-order valence-electron chi connectivity index (χ1n) is 11.0. The van der Waals surface area contributed by atoms with Gasteiger partial charge in [-0.15, -0.1) is 0 Å². The highest BCUT2D eigenvalue weighted by Crippen LogP contribution is 2.17. The Labute approximate surface area is 184 Å². The third kappa shape index (κ3) is 7.35. The molecule has 0 unspecified atom stereocenters. The molecule has 0 aromatic heterocycles. The van der Waals surface area contributed by atoms with Gasteiger partial charge in [-0.2, -0.15) is 0 Å². The summed E-state index contributed by atoms with van der Waals surface area (Å²) >= 11 is 0. The van der Waals surface area contributed by atoms with Crippen LogP contribution in [0.4, 0.5) is 5.69 Å². The van der Waals surface area contributed by atoms with Gasteiger partial charge in [-0.3, -0.25) is 9.59 Å². The van der Waals surface area contributed by atoms with Crippen molar-refractivity contribution in [3.8, 4) is 0 Å². The molecule has 0 spiro atoms.